The van der Waals surface area contributed by atoms with E-state index >= 15 is 0 Å². The summed E-state index contributed by atoms with van der Waals surface area (Å²) in [7, 11) is 0. The number of hydrogen-bond donors (Lipinski definition) is 3. The summed E-state index contributed by atoms with van der Waals surface area (Å²) in [6, 6.07) is -0.223. The van der Waals surface area contributed by atoms with Crippen molar-refractivity contribution in [3.63, 3.8) is 0 Å². The minimum absolute atomic E-state index is 0.0214. The average molecular weight is 283 g/mol. The zero-order chi connectivity index (χ0) is 13.7. The fraction of sp³-hybridized carbons (Fsp3) is 0.583. The SMILES string of the molecule is O=C(NCc1nc(C(=O)O)cs1)NCC1CCCC1. The molecule has 1 aliphatic rings. The van der Waals surface area contributed by atoms with Crippen molar-refractivity contribution in [2.45, 2.75) is 32.2 Å². The molecule has 1 aliphatic carbocycles. The number of rotatable bonds is 5. The lowest BCUT2D eigenvalue weighted by atomic mass is 10.1. The van der Waals surface area contributed by atoms with Gasteiger partial charge in [0.2, 0.25) is 0 Å². The maximum Gasteiger partial charge on any atom is 0.355 e. The molecule has 1 aromatic rings. The fourth-order valence-corrected chi connectivity index (χ4v) is 2.87. The van der Waals surface area contributed by atoms with Gasteiger partial charge in [-0.05, 0) is 18.8 Å². The molecule has 104 valence electrons. The number of carbonyl (C=O) groups is 2. The van der Waals surface area contributed by atoms with E-state index < -0.39 is 5.97 Å². The highest BCUT2D eigenvalue weighted by molar-refractivity contribution is 7.09. The molecule has 0 saturated heterocycles. The number of carboxylic acid groups (broad SMARTS) is 1. The molecule has 7 heteroatoms. The van der Waals surface area contributed by atoms with Crippen molar-refractivity contribution >= 4 is 23.3 Å². The van der Waals surface area contributed by atoms with Crippen molar-refractivity contribution in [2.24, 2.45) is 5.92 Å². The Morgan fingerprint density at radius 3 is 2.74 bits per heavy atom. The second-order valence-electron chi connectivity index (χ2n) is 4.65. The van der Waals surface area contributed by atoms with Gasteiger partial charge in [-0.3, -0.25) is 0 Å². The summed E-state index contributed by atoms with van der Waals surface area (Å²) in [6.07, 6.45) is 4.89. The minimum Gasteiger partial charge on any atom is -0.476 e. The zero-order valence-corrected chi connectivity index (χ0v) is 11.3. The number of carboxylic acids is 1. The van der Waals surface area contributed by atoms with Crippen molar-refractivity contribution in [1.82, 2.24) is 15.6 Å². The summed E-state index contributed by atoms with van der Waals surface area (Å²) in [5.41, 5.74) is 0.0214. The fourth-order valence-electron chi connectivity index (χ4n) is 2.16. The Labute approximate surface area is 115 Å². The van der Waals surface area contributed by atoms with Crippen LogP contribution in [0.25, 0.3) is 0 Å². The van der Waals surface area contributed by atoms with Crippen LogP contribution in [0.4, 0.5) is 4.79 Å². The summed E-state index contributed by atoms with van der Waals surface area (Å²) in [5.74, 6) is -0.447. The quantitative estimate of drug-likeness (QED) is 0.769. The Kier molecular flexibility index (Phi) is 4.73. The van der Waals surface area contributed by atoms with E-state index in [1.54, 1.807) is 0 Å². The maximum atomic E-state index is 11.6. The van der Waals surface area contributed by atoms with E-state index in [-0.39, 0.29) is 18.3 Å². The molecule has 6 nitrogen and oxygen atoms in total. The Morgan fingerprint density at radius 2 is 2.11 bits per heavy atom. The van der Waals surface area contributed by atoms with Crippen LogP contribution in [0.15, 0.2) is 5.38 Å². The molecule has 1 fully saturated rings. The van der Waals surface area contributed by atoms with Crippen molar-refractivity contribution in [3.05, 3.63) is 16.1 Å². The van der Waals surface area contributed by atoms with Crippen LogP contribution >= 0.6 is 11.3 Å². The first kappa shape index (κ1) is 13.8. The van der Waals surface area contributed by atoms with E-state index in [4.69, 9.17) is 5.11 Å². The standard InChI is InChI=1S/C12H17N3O3S/c16-11(17)9-7-19-10(15-9)6-14-12(18)13-5-8-3-1-2-4-8/h7-8H,1-6H2,(H,16,17)(H2,13,14,18). The molecule has 0 spiro atoms. The van der Waals surface area contributed by atoms with E-state index in [0.29, 0.717) is 17.5 Å². The molecule has 0 aromatic carbocycles. The predicted molar refractivity (Wildman–Crippen MR) is 71.3 cm³/mol. The molecule has 19 heavy (non-hydrogen) atoms. The van der Waals surface area contributed by atoms with E-state index in [0.717, 1.165) is 0 Å². The zero-order valence-electron chi connectivity index (χ0n) is 10.5. The number of aromatic nitrogens is 1. The first-order valence-electron chi connectivity index (χ1n) is 6.34. The summed E-state index contributed by atoms with van der Waals surface area (Å²) in [4.78, 5) is 26.1. The number of thiazole rings is 1. The number of carbonyl (C=O) groups excluding carboxylic acids is 1. The van der Waals surface area contributed by atoms with Crippen LogP contribution in [-0.4, -0.2) is 28.6 Å². The van der Waals surface area contributed by atoms with Crippen molar-refractivity contribution < 1.29 is 14.7 Å². The molecule has 0 unspecified atom stereocenters. The third kappa shape index (κ3) is 4.20. The van der Waals surface area contributed by atoms with Gasteiger partial charge in [-0.25, -0.2) is 14.6 Å². The molecule has 0 atom stereocenters. The lowest BCUT2D eigenvalue weighted by Gasteiger charge is -2.10. The van der Waals surface area contributed by atoms with Gasteiger partial charge in [0.15, 0.2) is 5.69 Å². The number of amides is 2. The number of nitrogens with zero attached hydrogens (tertiary/aromatic N) is 1. The predicted octanol–water partition coefficient (Wildman–Crippen LogP) is 1.83. The maximum absolute atomic E-state index is 11.6. The van der Waals surface area contributed by atoms with Gasteiger partial charge in [-0.15, -0.1) is 11.3 Å². The Morgan fingerprint density at radius 1 is 1.37 bits per heavy atom. The molecule has 1 heterocycles. The van der Waals surface area contributed by atoms with Crippen LogP contribution in [0.2, 0.25) is 0 Å². The summed E-state index contributed by atoms with van der Waals surface area (Å²) in [5, 5.41) is 16.3. The average Bonchev–Trinajstić information content (AvgIpc) is 3.05. The summed E-state index contributed by atoms with van der Waals surface area (Å²) in [6.45, 7) is 0.971. The van der Waals surface area contributed by atoms with Gasteiger partial charge in [0.1, 0.15) is 5.01 Å². The van der Waals surface area contributed by atoms with Gasteiger partial charge in [0, 0.05) is 11.9 Å². The highest BCUT2D eigenvalue weighted by Gasteiger charge is 2.15. The van der Waals surface area contributed by atoms with Crippen LogP contribution in [0.1, 0.15) is 41.2 Å². The van der Waals surface area contributed by atoms with Crippen LogP contribution < -0.4 is 10.6 Å². The van der Waals surface area contributed by atoms with Crippen molar-refractivity contribution in [2.75, 3.05) is 6.54 Å². The van der Waals surface area contributed by atoms with E-state index in [1.807, 2.05) is 0 Å². The third-order valence-corrected chi connectivity index (χ3v) is 4.05. The first-order valence-corrected chi connectivity index (χ1v) is 7.22. The molecule has 1 aromatic heterocycles. The lowest BCUT2D eigenvalue weighted by molar-refractivity contribution is 0.0691. The Balaban J connectivity index is 1.68. The molecular formula is C12H17N3O3S. The molecule has 0 radical (unpaired) electrons. The number of urea groups is 1. The van der Waals surface area contributed by atoms with Gasteiger partial charge in [-0.1, -0.05) is 12.8 Å². The van der Waals surface area contributed by atoms with Crippen LogP contribution in [0, 0.1) is 5.92 Å². The number of hydrogen-bond acceptors (Lipinski definition) is 4. The highest BCUT2D eigenvalue weighted by atomic mass is 32.1. The van der Waals surface area contributed by atoms with Crippen LogP contribution in [-0.2, 0) is 6.54 Å². The van der Waals surface area contributed by atoms with E-state index in [9.17, 15) is 9.59 Å². The molecule has 2 rings (SSSR count). The van der Waals surface area contributed by atoms with Crippen LogP contribution in [0.5, 0.6) is 0 Å². The minimum atomic E-state index is -1.05. The van der Waals surface area contributed by atoms with Gasteiger partial charge < -0.3 is 15.7 Å². The molecule has 0 aliphatic heterocycles. The van der Waals surface area contributed by atoms with E-state index in [2.05, 4.69) is 15.6 Å². The molecule has 0 bridgehead atoms. The Bertz CT molecular complexity index is 455. The Hall–Kier alpha value is -1.63. The highest BCUT2D eigenvalue weighted by Crippen LogP contribution is 2.23. The second kappa shape index (κ2) is 6.51. The monoisotopic (exact) mass is 283 g/mol. The molecule has 2 amide bonds. The van der Waals surface area contributed by atoms with Gasteiger partial charge >= 0.3 is 12.0 Å². The summed E-state index contributed by atoms with van der Waals surface area (Å²) < 4.78 is 0. The largest absolute Gasteiger partial charge is 0.476 e. The second-order valence-corrected chi connectivity index (χ2v) is 5.59. The smallest absolute Gasteiger partial charge is 0.355 e. The van der Waals surface area contributed by atoms with Crippen LogP contribution in [0.3, 0.4) is 0 Å². The lowest BCUT2D eigenvalue weighted by Crippen LogP contribution is -2.37. The summed E-state index contributed by atoms with van der Waals surface area (Å²) >= 11 is 1.23. The normalized spacial score (nSPS) is 15.4. The van der Waals surface area contributed by atoms with E-state index in [1.165, 1.54) is 42.4 Å². The first-order chi connectivity index (χ1) is 9.15. The number of nitrogens with one attached hydrogen (secondary N) is 2. The van der Waals surface area contributed by atoms with Crippen molar-refractivity contribution in [3.8, 4) is 0 Å². The van der Waals surface area contributed by atoms with Crippen molar-refractivity contribution in [1.29, 1.82) is 0 Å². The molecule has 1 saturated carbocycles. The van der Waals surface area contributed by atoms with Gasteiger partial charge in [-0.2, -0.15) is 0 Å². The van der Waals surface area contributed by atoms with Gasteiger partial charge in [0.05, 0.1) is 6.54 Å². The topological polar surface area (TPSA) is 91.3 Å². The van der Waals surface area contributed by atoms with Gasteiger partial charge in [0.25, 0.3) is 0 Å². The third-order valence-electron chi connectivity index (χ3n) is 3.20. The molecule has 3 N–H and O–H groups in total. The molecular weight excluding hydrogens is 266 g/mol. The number of aromatic carboxylic acids is 1.